The molecule has 0 bridgehead atoms. The van der Waals surface area contributed by atoms with Crippen molar-refractivity contribution >= 4 is 27.5 Å². The third kappa shape index (κ3) is 4.82. The smallest absolute Gasteiger partial charge is 0.0548 e. The van der Waals surface area contributed by atoms with Crippen LogP contribution < -0.4 is 5.32 Å². The van der Waals surface area contributed by atoms with Gasteiger partial charge in [0.25, 0.3) is 0 Å². The van der Waals surface area contributed by atoms with Gasteiger partial charge < -0.3 is 5.32 Å². The van der Waals surface area contributed by atoms with Crippen LogP contribution in [-0.2, 0) is 0 Å². The summed E-state index contributed by atoms with van der Waals surface area (Å²) in [5.74, 6) is 0. The average molecular weight is 317 g/mol. The van der Waals surface area contributed by atoms with E-state index in [1.54, 1.807) is 0 Å². The fourth-order valence-electron chi connectivity index (χ4n) is 1.72. The van der Waals surface area contributed by atoms with Crippen LogP contribution >= 0.6 is 27.5 Å². The summed E-state index contributed by atoms with van der Waals surface area (Å²) in [6.07, 6.45) is 5.18. The molecular formula is C14H19BrClN. The van der Waals surface area contributed by atoms with Crippen molar-refractivity contribution in [2.24, 2.45) is 0 Å². The molecule has 0 radical (unpaired) electrons. The van der Waals surface area contributed by atoms with E-state index < -0.39 is 0 Å². The second-order valence-electron chi connectivity index (χ2n) is 4.05. The topological polar surface area (TPSA) is 12.0 Å². The Morgan fingerprint density at radius 1 is 1.53 bits per heavy atom. The quantitative estimate of drug-likeness (QED) is 0.689. The second-order valence-corrected chi connectivity index (χ2v) is 5.31. The Kier molecular flexibility index (Phi) is 6.86. The van der Waals surface area contributed by atoms with E-state index in [0.717, 1.165) is 35.3 Å². The number of benzene rings is 1. The Labute approximate surface area is 117 Å². The third-order valence-electron chi connectivity index (χ3n) is 2.65. The highest BCUT2D eigenvalue weighted by atomic mass is 79.9. The molecule has 0 saturated heterocycles. The molecule has 1 nitrogen and oxygen atoms in total. The normalized spacial score (nSPS) is 12.4. The van der Waals surface area contributed by atoms with Crippen molar-refractivity contribution in [1.82, 2.24) is 5.32 Å². The molecule has 94 valence electrons. The van der Waals surface area contributed by atoms with Gasteiger partial charge in [-0.25, -0.2) is 0 Å². The molecule has 0 aliphatic rings. The molecule has 3 heteroatoms. The van der Waals surface area contributed by atoms with Gasteiger partial charge in [0.1, 0.15) is 0 Å². The first-order valence-electron chi connectivity index (χ1n) is 5.98. The Balaban J connectivity index is 2.78. The van der Waals surface area contributed by atoms with Crippen LogP contribution in [0.3, 0.4) is 0 Å². The number of hydrogen-bond donors (Lipinski definition) is 1. The summed E-state index contributed by atoms with van der Waals surface area (Å²) in [6.45, 7) is 6.99. The van der Waals surface area contributed by atoms with Crippen molar-refractivity contribution in [1.29, 1.82) is 0 Å². The summed E-state index contributed by atoms with van der Waals surface area (Å²) < 4.78 is 0.957. The highest BCUT2D eigenvalue weighted by Gasteiger charge is 2.10. The Morgan fingerprint density at radius 3 is 2.88 bits per heavy atom. The molecule has 1 atom stereocenters. The van der Waals surface area contributed by atoms with Gasteiger partial charge in [0.05, 0.1) is 5.02 Å². The number of allylic oxidation sites excluding steroid dienone is 1. The van der Waals surface area contributed by atoms with Gasteiger partial charge in [-0.1, -0.05) is 30.7 Å². The zero-order chi connectivity index (χ0) is 12.7. The van der Waals surface area contributed by atoms with E-state index >= 15 is 0 Å². The molecule has 0 aliphatic heterocycles. The summed E-state index contributed by atoms with van der Waals surface area (Å²) in [7, 11) is 0. The molecule has 1 rings (SSSR count). The van der Waals surface area contributed by atoms with E-state index in [4.69, 9.17) is 11.6 Å². The Bertz CT molecular complexity index is 365. The summed E-state index contributed by atoms with van der Waals surface area (Å²) in [4.78, 5) is 0. The lowest BCUT2D eigenvalue weighted by Gasteiger charge is -2.19. The summed E-state index contributed by atoms with van der Waals surface area (Å²) in [6, 6.07) is 6.50. The summed E-state index contributed by atoms with van der Waals surface area (Å²) in [5, 5.41) is 4.31. The lowest BCUT2D eigenvalue weighted by Crippen LogP contribution is -2.22. The molecule has 1 N–H and O–H groups in total. The van der Waals surface area contributed by atoms with Gasteiger partial charge in [-0.3, -0.25) is 0 Å². The van der Waals surface area contributed by atoms with Crippen LogP contribution in [0, 0.1) is 0 Å². The van der Waals surface area contributed by atoms with Crippen LogP contribution in [0.1, 0.15) is 37.8 Å². The largest absolute Gasteiger partial charge is 0.310 e. The first-order valence-corrected chi connectivity index (χ1v) is 7.15. The molecule has 0 aliphatic carbocycles. The molecular weight excluding hydrogens is 298 g/mol. The monoisotopic (exact) mass is 315 g/mol. The first-order chi connectivity index (χ1) is 8.19. The van der Waals surface area contributed by atoms with Crippen LogP contribution in [0.25, 0.3) is 0 Å². The average Bonchev–Trinajstić information content (AvgIpc) is 2.33. The van der Waals surface area contributed by atoms with Gasteiger partial charge >= 0.3 is 0 Å². The van der Waals surface area contributed by atoms with Crippen molar-refractivity contribution < 1.29 is 0 Å². The number of rotatable bonds is 7. The van der Waals surface area contributed by atoms with Crippen molar-refractivity contribution in [3.05, 3.63) is 45.9 Å². The molecule has 17 heavy (non-hydrogen) atoms. The van der Waals surface area contributed by atoms with E-state index in [9.17, 15) is 0 Å². The zero-order valence-electron chi connectivity index (χ0n) is 10.2. The standard InChI is InChI=1S/C14H19BrClN/c1-3-5-6-14(17-9-4-2)11-7-8-13(16)12(15)10-11/h3,7-8,10,14,17H,1,4-6,9H2,2H3. The van der Waals surface area contributed by atoms with Crippen LogP contribution in [0.5, 0.6) is 0 Å². The molecule has 0 aromatic heterocycles. The lowest BCUT2D eigenvalue weighted by molar-refractivity contribution is 0.503. The minimum atomic E-state index is 0.376. The Morgan fingerprint density at radius 2 is 2.29 bits per heavy atom. The lowest BCUT2D eigenvalue weighted by atomic mass is 10.0. The van der Waals surface area contributed by atoms with Crippen LogP contribution in [0.15, 0.2) is 35.3 Å². The van der Waals surface area contributed by atoms with Gasteiger partial charge in [-0.15, -0.1) is 6.58 Å². The van der Waals surface area contributed by atoms with Crippen LogP contribution in [0.4, 0.5) is 0 Å². The van der Waals surface area contributed by atoms with E-state index in [-0.39, 0.29) is 0 Å². The summed E-state index contributed by atoms with van der Waals surface area (Å²) >= 11 is 9.48. The molecule has 0 fully saturated rings. The minimum Gasteiger partial charge on any atom is -0.310 e. The maximum Gasteiger partial charge on any atom is 0.0548 e. The van der Waals surface area contributed by atoms with Crippen molar-refractivity contribution in [3.8, 4) is 0 Å². The van der Waals surface area contributed by atoms with Gasteiger partial charge in [-0.05, 0) is 59.4 Å². The van der Waals surface area contributed by atoms with Gasteiger partial charge in [-0.2, -0.15) is 0 Å². The third-order valence-corrected chi connectivity index (χ3v) is 3.86. The predicted molar refractivity (Wildman–Crippen MR) is 79.6 cm³/mol. The SMILES string of the molecule is C=CCCC(NCCC)c1ccc(Cl)c(Br)c1. The van der Waals surface area contributed by atoms with E-state index in [1.165, 1.54) is 5.56 Å². The number of hydrogen-bond acceptors (Lipinski definition) is 1. The fraction of sp³-hybridized carbons (Fsp3) is 0.429. The fourth-order valence-corrected chi connectivity index (χ4v) is 2.23. The molecule has 1 unspecified atom stereocenters. The van der Waals surface area contributed by atoms with E-state index in [2.05, 4.69) is 46.9 Å². The summed E-state index contributed by atoms with van der Waals surface area (Å²) in [5.41, 5.74) is 1.27. The zero-order valence-corrected chi connectivity index (χ0v) is 12.5. The first kappa shape index (κ1) is 14.7. The molecule has 0 heterocycles. The minimum absolute atomic E-state index is 0.376. The molecule has 0 spiro atoms. The Hall–Kier alpha value is -0.310. The van der Waals surface area contributed by atoms with Gasteiger partial charge in [0, 0.05) is 10.5 Å². The van der Waals surface area contributed by atoms with Crippen LogP contribution in [0.2, 0.25) is 5.02 Å². The van der Waals surface area contributed by atoms with Crippen LogP contribution in [-0.4, -0.2) is 6.54 Å². The maximum atomic E-state index is 6.01. The predicted octanol–water partition coefficient (Wildman–Crippen LogP) is 5.11. The van der Waals surface area contributed by atoms with Gasteiger partial charge in [0.2, 0.25) is 0 Å². The highest BCUT2D eigenvalue weighted by Crippen LogP contribution is 2.27. The number of halogens is 2. The molecule has 0 saturated carbocycles. The second kappa shape index (κ2) is 7.91. The molecule has 0 amide bonds. The van der Waals surface area contributed by atoms with E-state index in [1.807, 2.05) is 12.1 Å². The maximum absolute atomic E-state index is 6.01. The van der Waals surface area contributed by atoms with E-state index in [0.29, 0.717) is 6.04 Å². The molecule has 1 aromatic carbocycles. The van der Waals surface area contributed by atoms with Crippen molar-refractivity contribution in [2.75, 3.05) is 6.54 Å². The molecule has 1 aromatic rings. The number of nitrogens with one attached hydrogen (secondary N) is 1. The van der Waals surface area contributed by atoms with Crippen molar-refractivity contribution in [2.45, 2.75) is 32.2 Å². The highest BCUT2D eigenvalue weighted by molar-refractivity contribution is 9.10. The van der Waals surface area contributed by atoms with Gasteiger partial charge in [0.15, 0.2) is 0 Å². The van der Waals surface area contributed by atoms with Crippen molar-refractivity contribution in [3.63, 3.8) is 0 Å².